The summed E-state index contributed by atoms with van der Waals surface area (Å²) >= 11 is 1.48. The number of urea groups is 1. The number of hydrogen-bond acceptors (Lipinski definition) is 4. The number of amides is 3. The molecule has 7 heteroatoms. The number of benzene rings is 1. The van der Waals surface area contributed by atoms with Crippen LogP contribution in [0.25, 0.3) is 10.2 Å². The highest BCUT2D eigenvalue weighted by Crippen LogP contribution is 2.32. The smallest absolute Gasteiger partial charge is 0.317 e. The summed E-state index contributed by atoms with van der Waals surface area (Å²) in [4.78, 5) is 32.0. The third-order valence-electron chi connectivity index (χ3n) is 4.43. The predicted molar refractivity (Wildman–Crippen MR) is 79.4 cm³/mol. The van der Waals surface area contributed by atoms with Crippen molar-refractivity contribution < 1.29 is 9.59 Å². The number of hydrogen-bond donors (Lipinski definition) is 1. The van der Waals surface area contributed by atoms with Gasteiger partial charge in [0.2, 0.25) is 0 Å². The van der Waals surface area contributed by atoms with E-state index in [9.17, 15) is 9.59 Å². The molecule has 6 nitrogen and oxygen atoms in total. The molecule has 0 bridgehead atoms. The highest BCUT2D eigenvalue weighted by molar-refractivity contribution is 7.17. The van der Waals surface area contributed by atoms with E-state index >= 15 is 0 Å². The molecule has 4 rings (SSSR count). The molecule has 1 N–H and O–H groups in total. The van der Waals surface area contributed by atoms with Crippen LogP contribution < -0.4 is 5.32 Å². The van der Waals surface area contributed by atoms with E-state index in [1.807, 2.05) is 18.2 Å². The van der Waals surface area contributed by atoms with Crippen molar-refractivity contribution in [3.63, 3.8) is 0 Å². The van der Waals surface area contributed by atoms with Crippen molar-refractivity contribution >= 4 is 33.5 Å². The van der Waals surface area contributed by atoms with Crippen LogP contribution in [0.15, 0.2) is 23.7 Å². The Balaban J connectivity index is 1.58. The van der Waals surface area contributed by atoms with Crippen LogP contribution in [-0.4, -0.2) is 58.9 Å². The van der Waals surface area contributed by atoms with Gasteiger partial charge in [0, 0.05) is 26.7 Å². The molecule has 108 valence electrons. The maximum absolute atomic E-state index is 12.6. The largest absolute Gasteiger partial charge is 0.335 e. The van der Waals surface area contributed by atoms with E-state index in [1.165, 1.54) is 11.3 Å². The second-order valence-electron chi connectivity index (χ2n) is 5.61. The number of carbonyl (C=O) groups is 2. The number of aromatic nitrogens is 1. The molecule has 3 heterocycles. The van der Waals surface area contributed by atoms with E-state index < -0.39 is 0 Å². The lowest BCUT2D eigenvalue weighted by molar-refractivity contribution is 0.00793. The van der Waals surface area contributed by atoms with Crippen molar-refractivity contribution in [1.82, 2.24) is 20.1 Å². The SMILES string of the molecule is CN1C(=O)NCC12CN(C(=O)c1cccc3ncsc13)C2. The monoisotopic (exact) mass is 302 g/mol. The lowest BCUT2D eigenvalue weighted by Crippen LogP contribution is -2.70. The maximum Gasteiger partial charge on any atom is 0.317 e. The van der Waals surface area contributed by atoms with Crippen LogP contribution >= 0.6 is 11.3 Å². The van der Waals surface area contributed by atoms with Crippen molar-refractivity contribution in [3.05, 3.63) is 29.3 Å². The average molecular weight is 302 g/mol. The minimum absolute atomic E-state index is 0.0169. The van der Waals surface area contributed by atoms with Crippen LogP contribution in [-0.2, 0) is 0 Å². The van der Waals surface area contributed by atoms with Gasteiger partial charge in [0.1, 0.15) is 0 Å². The summed E-state index contributed by atoms with van der Waals surface area (Å²) in [7, 11) is 1.79. The van der Waals surface area contributed by atoms with Gasteiger partial charge in [-0.25, -0.2) is 9.78 Å². The van der Waals surface area contributed by atoms with Crippen molar-refractivity contribution in [2.75, 3.05) is 26.7 Å². The number of thiazole rings is 1. The van der Waals surface area contributed by atoms with Crippen LogP contribution in [0.2, 0.25) is 0 Å². The van der Waals surface area contributed by atoms with E-state index in [0.29, 0.717) is 25.2 Å². The molecule has 0 atom stereocenters. The molecule has 21 heavy (non-hydrogen) atoms. The Kier molecular flexibility index (Phi) is 2.50. The number of rotatable bonds is 1. The quantitative estimate of drug-likeness (QED) is 0.859. The van der Waals surface area contributed by atoms with Gasteiger partial charge in [-0.2, -0.15) is 0 Å². The molecular formula is C14H14N4O2S. The molecule has 2 aliphatic heterocycles. The Hall–Kier alpha value is -2.15. The molecule has 1 spiro atoms. The van der Waals surface area contributed by atoms with Crippen LogP contribution in [0.5, 0.6) is 0 Å². The molecule has 2 saturated heterocycles. The summed E-state index contributed by atoms with van der Waals surface area (Å²) in [6.45, 7) is 1.77. The Morgan fingerprint density at radius 1 is 1.43 bits per heavy atom. The van der Waals surface area contributed by atoms with Crippen molar-refractivity contribution in [3.8, 4) is 0 Å². The lowest BCUT2D eigenvalue weighted by Gasteiger charge is -2.50. The zero-order valence-corrected chi connectivity index (χ0v) is 12.3. The Bertz CT molecular complexity index is 750. The number of nitrogens with one attached hydrogen (secondary N) is 1. The summed E-state index contributed by atoms with van der Waals surface area (Å²) in [6.07, 6.45) is 0. The first-order valence-corrected chi connectivity index (χ1v) is 7.62. The zero-order valence-electron chi connectivity index (χ0n) is 11.5. The minimum Gasteiger partial charge on any atom is -0.335 e. The molecular weight excluding hydrogens is 288 g/mol. The summed E-state index contributed by atoms with van der Waals surface area (Å²) in [5.74, 6) is 0.0169. The Labute approximate surface area is 125 Å². The van der Waals surface area contributed by atoms with Crippen LogP contribution in [0.3, 0.4) is 0 Å². The number of nitrogens with zero attached hydrogens (tertiary/aromatic N) is 3. The Morgan fingerprint density at radius 3 is 2.95 bits per heavy atom. The first-order chi connectivity index (χ1) is 10.1. The van der Waals surface area contributed by atoms with Gasteiger partial charge < -0.3 is 15.1 Å². The molecule has 2 fully saturated rings. The van der Waals surface area contributed by atoms with Gasteiger partial charge in [-0.3, -0.25) is 4.79 Å². The number of fused-ring (bicyclic) bond motifs is 1. The molecule has 0 saturated carbocycles. The maximum atomic E-state index is 12.6. The normalized spacial score (nSPS) is 20.0. The van der Waals surface area contributed by atoms with Gasteiger partial charge >= 0.3 is 6.03 Å². The summed E-state index contributed by atoms with van der Waals surface area (Å²) in [5.41, 5.74) is 3.08. The second-order valence-corrected chi connectivity index (χ2v) is 6.46. The fourth-order valence-electron chi connectivity index (χ4n) is 3.05. The molecule has 2 aromatic rings. The molecule has 1 aromatic heterocycles. The first kappa shape index (κ1) is 12.6. The van der Waals surface area contributed by atoms with E-state index in [1.54, 1.807) is 22.4 Å². The van der Waals surface area contributed by atoms with Crippen LogP contribution in [0, 0.1) is 0 Å². The Morgan fingerprint density at radius 2 is 2.24 bits per heavy atom. The van der Waals surface area contributed by atoms with Gasteiger partial charge in [-0.05, 0) is 12.1 Å². The summed E-state index contributed by atoms with van der Waals surface area (Å²) in [6, 6.07) is 5.55. The molecule has 1 aromatic carbocycles. The lowest BCUT2D eigenvalue weighted by atomic mass is 9.89. The van der Waals surface area contributed by atoms with Crippen LogP contribution in [0.1, 0.15) is 10.4 Å². The highest BCUT2D eigenvalue weighted by atomic mass is 32.1. The highest BCUT2D eigenvalue weighted by Gasteiger charge is 2.53. The van der Waals surface area contributed by atoms with E-state index in [4.69, 9.17) is 0 Å². The van der Waals surface area contributed by atoms with Crippen molar-refractivity contribution in [1.29, 1.82) is 0 Å². The number of likely N-dealkylation sites (tertiary alicyclic amines) is 1. The number of carbonyl (C=O) groups excluding carboxylic acids is 2. The molecule has 2 aliphatic rings. The van der Waals surface area contributed by atoms with Gasteiger partial charge in [0.25, 0.3) is 5.91 Å². The topological polar surface area (TPSA) is 65.5 Å². The number of likely N-dealkylation sites (N-methyl/N-ethyl adjacent to an activating group) is 1. The first-order valence-electron chi connectivity index (χ1n) is 6.74. The fourth-order valence-corrected chi connectivity index (χ4v) is 3.84. The molecule has 0 unspecified atom stereocenters. The minimum atomic E-state index is -0.228. The average Bonchev–Trinajstić information content (AvgIpc) is 3.03. The summed E-state index contributed by atoms with van der Waals surface area (Å²) in [5, 5.41) is 2.83. The van der Waals surface area contributed by atoms with E-state index in [0.717, 1.165) is 10.2 Å². The van der Waals surface area contributed by atoms with Crippen LogP contribution in [0.4, 0.5) is 4.79 Å². The van der Waals surface area contributed by atoms with Crippen molar-refractivity contribution in [2.24, 2.45) is 0 Å². The third-order valence-corrected chi connectivity index (χ3v) is 5.30. The molecule has 3 amide bonds. The second kappa shape index (κ2) is 4.17. The van der Waals surface area contributed by atoms with Gasteiger partial charge in [0.05, 0.1) is 26.8 Å². The summed E-state index contributed by atoms with van der Waals surface area (Å²) < 4.78 is 0.928. The van der Waals surface area contributed by atoms with Crippen molar-refractivity contribution in [2.45, 2.75) is 5.54 Å². The predicted octanol–water partition coefficient (Wildman–Crippen LogP) is 1.15. The third kappa shape index (κ3) is 1.67. The zero-order chi connectivity index (χ0) is 14.6. The molecule has 0 aliphatic carbocycles. The standard InChI is InChI=1S/C14H14N4O2S/c1-17-13(20)15-5-14(17)6-18(7-14)12(19)9-3-2-4-10-11(9)21-8-16-10/h2-4,8H,5-7H2,1H3,(H,15,20). The van der Waals surface area contributed by atoms with E-state index in [2.05, 4.69) is 10.3 Å². The van der Waals surface area contributed by atoms with Gasteiger partial charge in [-0.15, -0.1) is 11.3 Å². The fraction of sp³-hybridized carbons (Fsp3) is 0.357. The van der Waals surface area contributed by atoms with Gasteiger partial charge in [-0.1, -0.05) is 6.07 Å². The molecule has 0 radical (unpaired) electrons. The van der Waals surface area contributed by atoms with Gasteiger partial charge in [0.15, 0.2) is 0 Å². The van der Waals surface area contributed by atoms with E-state index in [-0.39, 0.29) is 17.5 Å².